The van der Waals surface area contributed by atoms with E-state index in [1.54, 1.807) is 24.3 Å². The molecule has 1 N–H and O–H groups in total. The Bertz CT molecular complexity index is 837. The van der Waals surface area contributed by atoms with Crippen LogP contribution in [0, 0.1) is 17.6 Å². The van der Waals surface area contributed by atoms with E-state index in [2.05, 4.69) is 5.32 Å². The number of morpholine rings is 1. The second kappa shape index (κ2) is 7.64. The predicted octanol–water partition coefficient (Wildman–Crippen LogP) is 3.22. The molecule has 2 fully saturated rings. The van der Waals surface area contributed by atoms with Gasteiger partial charge in [0.25, 0.3) is 0 Å². The Labute approximate surface area is 157 Å². The van der Waals surface area contributed by atoms with Gasteiger partial charge in [-0.25, -0.2) is 8.78 Å². The van der Waals surface area contributed by atoms with Crippen molar-refractivity contribution in [1.82, 2.24) is 5.32 Å². The van der Waals surface area contributed by atoms with E-state index in [0.717, 1.165) is 0 Å². The number of ether oxygens (including phenoxy) is 1. The second-order valence-electron chi connectivity index (χ2n) is 7.07. The first-order chi connectivity index (χ1) is 13.1. The third-order valence-electron chi connectivity index (χ3n) is 5.26. The molecule has 0 bridgehead atoms. The first-order valence-corrected chi connectivity index (χ1v) is 9.27. The summed E-state index contributed by atoms with van der Waals surface area (Å²) in [6.07, 6.45) is 0.650. The SMILES string of the molecule is O=C(NCc1ccc(N2CCOCC2)c(F)c1)C1CC1c1ccccc1F. The van der Waals surface area contributed by atoms with Crippen molar-refractivity contribution in [3.63, 3.8) is 0 Å². The number of hydrogen-bond donors (Lipinski definition) is 1. The lowest BCUT2D eigenvalue weighted by Crippen LogP contribution is -2.36. The monoisotopic (exact) mass is 372 g/mol. The van der Waals surface area contributed by atoms with Crippen molar-refractivity contribution in [2.75, 3.05) is 31.2 Å². The lowest BCUT2D eigenvalue weighted by atomic mass is 10.1. The third kappa shape index (κ3) is 3.95. The van der Waals surface area contributed by atoms with Gasteiger partial charge in [-0.2, -0.15) is 0 Å². The molecule has 142 valence electrons. The molecule has 1 amide bonds. The molecule has 2 atom stereocenters. The van der Waals surface area contributed by atoms with E-state index in [-0.39, 0.29) is 35.9 Å². The van der Waals surface area contributed by atoms with Crippen LogP contribution in [0.2, 0.25) is 0 Å². The molecule has 2 aromatic rings. The first kappa shape index (κ1) is 17.9. The van der Waals surface area contributed by atoms with Crippen molar-refractivity contribution in [3.8, 4) is 0 Å². The second-order valence-corrected chi connectivity index (χ2v) is 7.07. The normalized spacial score (nSPS) is 21.8. The number of nitrogens with one attached hydrogen (secondary N) is 1. The Morgan fingerprint density at radius 3 is 2.63 bits per heavy atom. The summed E-state index contributed by atoms with van der Waals surface area (Å²) in [5.74, 6) is -0.940. The fourth-order valence-corrected chi connectivity index (χ4v) is 3.65. The fourth-order valence-electron chi connectivity index (χ4n) is 3.65. The van der Waals surface area contributed by atoms with Gasteiger partial charge in [0, 0.05) is 25.6 Å². The number of halogens is 2. The predicted molar refractivity (Wildman–Crippen MR) is 98.5 cm³/mol. The number of rotatable bonds is 5. The molecular formula is C21H22F2N2O2. The largest absolute Gasteiger partial charge is 0.378 e. The summed E-state index contributed by atoms with van der Waals surface area (Å²) in [7, 11) is 0. The maximum atomic E-state index is 14.4. The molecule has 4 rings (SSSR count). The molecule has 1 heterocycles. The maximum Gasteiger partial charge on any atom is 0.224 e. The number of anilines is 1. The molecule has 27 heavy (non-hydrogen) atoms. The fraction of sp³-hybridized carbons (Fsp3) is 0.381. The van der Waals surface area contributed by atoms with Gasteiger partial charge in [0.2, 0.25) is 5.91 Å². The molecule has 6 heteroatoms. The minimum Gasteiger partial charge on any atom is -0.378 e. The summed E-state index contributed by atoms with van der Waals surface area (Å²) in [5.41, 5.74) is 1.87. The number of carbonyl (C=O) groups excluding carboxylic acids is 1. The van der Waals surface area contributed by atoms with Gasteiger partial charge in [0.15, 0.2) is 0 Å². The summed E-state index contributed by atoms with van der Waals surface area (Å²) in [5, 5.41) is 2.84. The average molecular weight is 372 g/mol. The number of amides is 1. The Morgan fingerprint density at radius 1 is 1.11 bits per heavy atom. The smallest absolute Gasteiger partial charge is 0.224 e. The highest BCUT2D eigenvalue weighted by atomic mass is 19.1. The van der Waals surface area contributed by atoms with E-state index in [1.165, 1.54) is 12.1 Å². The maximum absolute atomic E-state index is 14.4. The van der Waals surface area contributed by atoms with Crippen LogP contribution in [0.4, 0.5) is 14.5 Å². The summed E-state index contributed by atoms with van der Waals surface area (Å²) in [6, 6.07) is 11.6. The highest BCUT2D eigenvalue weighted by Gasteiger charge is 2.44. The van der Waals surface area contributed by atoms with Crippen molar-refractivity contribution in [1.29, 1.82) is 0 Å². The van der Waals surface area contributed by atoms with E-state index < -0.39 is 0 Å². The molecule has 2 aromatic carbocycles. The Morgan fingerprint density at radius 2 is 1.89 bits per heavy atom. The lowest BCUT2D eigenvalue weighted by molar-refractivity contribution is -0.122. The Kier molecular flexibility index (Phi) is 5.07. The topological polar surface area (TPSA) is 41.6 Å². The number of hydrogen-bond acceptors (Lipinski definition) is 3. The van der Waals surface area contributed by atoms with Gasteiger partial charge in [0.1, 0.15) is 11.6 Å². The molecule has 1 aliphatic heterocycles. The van der Waals surface area contributed by atoms with Gasteiger partial charge in [-0.15, -0.1) is 0 Å². The zero-order chi connectivity index (χ0) is 18.8. The quantitative estimate of drug-likeness (QED) is 0.876. The van der Waals surface area contributed by atoms with Gasteiger partial charge in [-0.05, 0) is 41.7 Å². The van der Waals surface area contributed by atoms with Crippen molar-refractivity contribution in [2.24, 2.45) is 5.92 Å². The molecule has 4 nitrogen and oxygen atoms in total. The van der Waals surface area contributed by atoms with Crippen LogP contribution in [0.3, 0.4) is 0 Å². The number of benzene rings is 2. The van der Waals surface area contributed by atoms with Crippen LogP contribution in [0.15, 0.2) is 42.5 Å². The van der Waals surface area contributed by atoms with Crippen LogP contribution in [-0.2, 0) is 16.1 Å². The molecule has 1 aliphatic carbocycles. The van der Waals surface area contributed by atoms with Gasteiger partial charge >= 0.3 is 0 Å². The molecule has 2 unspecified atom stereocenters. The lowest BCUT2D eigenvalue weighted by Gasteiger charge is -2.29. The molecule has 0 radical (unpaired) electrons. The number of nitrogens with zero attached hydrogens (tertiary/aromatic N) is 1. The van der Waals surface area contributed by atoms with Crippen LogP contribution < -0.4 is 10.2 Å². The van der Waals surface area contributed by atoms with E-state index >= 15 is 0 Å². The van der Waals surface area contributed by atoms with Gasteiger partial charge in [-0.3, -0.25) is 4.79 Å². The standard InChI is InChI=1S/C21H22F2N2O2/c22-18-4-2-1-3-15(18)16-12-17(16)21(26)24-13-14-5-6-20(19(23)11-14)25-7-9-27-10-8-25/h1-6,11,16-17H,7-10,12-13H2,(H,24,26). The Hall–Kier alpha value is -2.47. The van der Waals surface area contributed by atoms with Gasteiger partial charge in [-0.1, -0.05) is 24.3 Å². The molecular weight excluding hydrogens is 350 g/mol. The summed E-state index contributed by atoms with van der Waals surface area (Å²) < 4.78 is 33.5. The van der Waals surface area contributed by atoms with Gasteiger partial charge < -0.3 is 15.0 Å². The van der Waals surface area contributed by atoms with E-state index in [9.17, 15) is 13.6 Å². The minimum absolute atomic E-state index is 0.0633. The Balaban J connectivity index is 1.33. The van der Waals surface area contributed by atoms with Crippen molar-refractivity contribution in [3.05, 3.63) is 65.2 Å². The minimum atomic E-state index is -0.292. The molecule has 1 saturated heterocycles. The molecule has 0 spiro atoms. The van der Waals surface area contributed by atoms with Crippen LogP contribution in [0.5, 0.6) is 0 Å². The highest BCUT2D eigenvalue weighted by molar-refractivity contribution is 5.82. The highest BCUT2D eigenvalue weighted by Crippen LogP contribution is 2.48. The van der Waals surface area contributed by atoms with Gasteiger partial charge in [0.05, 0.1) is 18.9 Å². The van der Waals surface area contributed by atoms with E-state index in [4.69, 9.17) is 4.74 Å². The summed E-state index contributed by atoms with van der Waals surface area (Å²) in [6.45, 7) is 2.81. The van der Waals surface area contributed by atoms with E-state index in [1.807, 2.05) is 11.0 Å². The van der Waals surface area contributed by atoms with Crippen molar-refractivity contribution in [2.45, 2.75) is 18.9 Å². The van der Waals surface area contributed by atoms with Crippen molar-refractivity contribution >= 4 is 11.6 Å². The molecule has 2 aliphatic rings. The summed E-state index contributed by atoms with van der Waals surface area (Å²) >= 11 is 0. The van der Waals surface area contributed by atoms with Crippen LogP contribution in [0.25, 0.3) is 0 Å². The zero-order valence-electron chi connectivity index (χ0n) is 15.0. The van der Waals surface area contributed by atoms with Crippen molar-refractivity contribution < 1.29 is 18.3 Å². The van der Waals surface area contributed by atoms with Crippen LogP contribution in [0.1, 0.15) is 23.5 Å². The third-order valence-corrected chi connectivity index (χ3v) is 5.26. The number of carbonyl (C=O) groups is 1. The molecule has 1 saturated carbocycles. The molecule has 0 aromatic heterocycles. The van der Waals surface area contributed by atoms with Crippen LogP contribution >= 0.6 is 0 Å². The average Bonchev–Trinajstić information content (AvgIpc) is 3.48. The van der Waals surface area contributed by atoms with Crippen LogP contribution in [-0.4, -0.2) is 32.2 Å². The summed E-state index contributed by atoms with van der Waals surface area (Å²) in [4.78, 5) is 14.3. The first-order valence-electron chi connectivity index (χ1n) is 9.27. The van der Waals surface area contributed by atoms with E-state index in [0.29, 0.717) is 49.5 Å². The zero-order valence-corrected chi connectivity index (χ0v) is 15.0.